The molecule has 9 heteroatoms. The predicted molar refractivity (Wildman–Crippen MR) is 123 cm³/mol. The summed E-state index contributed by atoms with van der Waals surface area (Å²) in [5.74, 6) is 1.19. The van der Waals surface area contributed by atoms with Crippen molar-refractivity contribution in [3.63, 3.8) is 0 Å². The maximum Gasteiger partial charge on any atom is 0.338 e. The van der Waals surface area contributed by atoms with Crippen molar-refractivity contribution in [3.8, 4) is 18.4 Å². The standard InChI is InChI=1S/C24H14Cl2N4O3/c1-2-7-29-18-6-4-3-5-16(18)24(23(29)32)17(11-27)21(28)30(19-12-33-22(31)20(19)24)15-9-13(25)8-14(26)10-15/h1,3-6,8-10H,7,12,28H2/t24-/m1/s1. The molecular formula is C24H14Cl2N4O3. The number of benzene rings is 2. The third-order valence-electron chi connectivity index (χ3n) is 5.98. The molecule has 0 saturated heterocycles. The summed E-state index contributed by atoms with van der Waals surface area (Å²) in [6.45, 7) is -0.189. The first-order valence-electron chi connectivity index (χ1n) is 9.78. The maximum atomic E-state index is 14.0. The molecule has 2 aromatic rings. The number of rotatable bonds is 2. The molecule has 0 unspecified atom stereocenters. The topological polar surface area (TPSA) is 99.7 Å². The van der Waals surface area contributed by atoms with Crippen molar-refractivity contribution < 1.29 is 14.3 Å². The van der Waals surface area contributed by atoms with Gasteiger partial charge in [-0.05, 0) is 24.3 Å². The lowest BCUT2D eigenvalue weighted by Crippen LogP contribution is -2.50. The minimum atomic E-state index is -1.77. The average Bonchev–Trinajstić information content (AvgIpc) is 3.26. The van der Waals surface area contributed by atoms with Crippen LogP contribution in [0.5, 0.6) is 0 Å². The number of esters is 1. The second-order valence-electron chi connectivity index (χ2n) is 7.60. The molecule has 0 bridgehead atoms. The molecule has 0 aromatic heterocycles. The Morgan fingerprint density at radius 3 is 2.55 bits per heavy atom. The van der Waals surface area contributed by atoms with Crippen LogP contribution in [0.4, 0.5) is 11.4 Å². The highest BCUT2D eigenvalue weighted by atomic mass is 35.5. The second-order valence-corrected chi connectivity index (χ2v) is 8.47. The number of para-hydroxylation sites is 1. The number of nitriles is 1. The molecule has 1 amide bonds. The minimum absolute atomic E-state index is 0.0290. The molecule has 0 saturated carbocycles. The third-order valence-corrected chi connectivity index (χ3v) is 6.42. The Kier molecular flexibility index (Phi) is 4.65. The van der Waals surface area contributed by atoms with Crippen LogP contribution in [-0.2, 0) is 19.7 Å². The first-order chi connectivity index (χ1) is 15.9. The van der Waals surface area contributed by atoms with Gasteiger partial charge in [0.15, 0.2) is 0 Å². The number of ether oxygens (including phenoxy) is 1. The zero-order valence-electron chi connectivity index (χ0n) is 16.9. The molecule has 0 aliphatic carbocycles. The Hall–Kier alpha value is -3.91. The van der Waals surface area contributed by atoms with Crippen LogP contribution < -0.4 is 15.5 Å². The van der Waals surface area contributed by atoms with Crippen molar-refractivity contribution in [1.29, 1.82) is 5.26 Å². The largest absolute Gasteiger partial charge is 0.456 e. The highest BCUT2D eigenvalue weighted by molar-refractivity contribution is 6.35. The van der Waals surface area contributed by atoms with Gasteiger partial charge in [-0.1, -0.05) is 47.3 Å². The molecule has 3 aliphatic rings. The van der Waals surface area contributed by atoms with E-state index in [-0.39, 0.29) is 30.1 Å². The maximum absolute atomic E-state index is 14.0. The zero-order valence-corrected chi connectivity index (χ0v) is 18.4. The average molecular weight is 477 g/mol. The van der Waals surface area contributed by atoms with Crippen LogP contribution in [0.25, 0.3) is 0 Å². The van der Waals surface area contributed by atoms with Crippen LogP contribution in [0, 0.1) is 23.7 Å². The van der Waals surface area contributed by atoms with Gasteiger partial charge in [0.1, 0.15) is 23.9 Å². The summed E-state index contributed by atoms with van der Waals surface area (Å²) in [4.78, 5) is 30.0. The number of anilines is 2. The fraction of sp³-hybridized carbons (Fsp3) is 0.125. The van der Waals surface area contributed by atoms with Crippen molar-refractivity contribution in [2.24, 2.45) is 5.73 Å². The van der Waals surface area contributed by atoms with E-state index in [4.69, 9.17) is 40.1 Å². The molecular weight excluding hydrogens is 463 g/mol. The Morgan fingerprint density at radius 2 is 1.88 bits per heavy atom. The number of nitrogens with zero attached hydrogens (tertiary/aromatic N) is 3. The lowest BCUT2D eigenvalue weighted by Gasteiger charge is -2.38. The molecule has 33 heavy (non-hydrogen) atoms. The Morgan fingerprint density at radius 1 is 1.18 bits per heavy atom. The molecule has 1 atom stereocenters. The summed E-state index contributed by atoms with van der Waals surface area (Å²) >= 11 is 12.4. The molecule has 3 aliphatic heterocycles. The van der Waals surface area contributed by atoms with Crippen molar-refractivity contribution >= 4 is 46.5 Å². The molecule has 162 valence electrons. The van der Waals surface area contributed by atoms with Gasteiger partial charge in [0.05, 0.1) is 29.1 Å². The van der Waals surface area contributed by atoms with E-state index in [2.05, 4.69) is 12.0 Å². The fourth-order valence-corrected chi connectivity index (χ4v) is 5.32. The summed E-state index contributed by atoms with van der Waals surface area (Å²) < 4.78 is 5.38. The summed E-state index contributed by atoms with van der Waals surface area (Å²) in [5.41, 5.74) is 6.41. The quantitative estimate of drug-likeness (QED) is 0.527. The Bertz CT molecular complexity index is 1400. The van der Waals surface area contributed by atoms with E-state index in [0.29, 0.717) is 32.7 Å². The SMILES string of the molecule is C#CCN1C(=O)[C@@]2(C(C#N)=C(N)N(c3cc(Cl)cc(Cl)c3)C3=C2C(=O)OC3)c2ccccc21. The van der Waals surface area contributed by atoms with Crippen molar-refractivity contribution in [2.75, 3.05) is 23.0 Å². The van der Waals surface area contributed by atoms with Gasteiger partial charge in [0.25, 0.3) is 0 Å². The highest BCUT2D eigenvalue weighted by Gasteiger charge is 2.63. The van der Waals surface area contributed by atoms with Crippen LogP contribution in [0.1, 0.15) is 5.56 Å². The number of nitrogens with two attached hydrogens (primary N) is 1. The highest BCUT2D eigenvalue weighted by Crippen LogP contribution is 2.56. The third kappa shape index (κ3) is 2.64. The number of terminal acetylenes is 1. The first-order valence-corrected chi connectivity index (χ1v) is 10.5. The van der Waals surface area contributed by atoms with E-state index in [1.165, 1.54) is 9.80 Å². The summed E-state index contributed by atoms with van der Waals surface area (Å²) in [6.07, 6.45) is 5.52. The number of fused-ring (bicyclic) bond motifs is 3. The monoisotopic (exact) mass is 476 g/mol. The smallest absolute Gasteiger partial charge is 0.338 e. The normalized spacial score (nSPS) is 21.2. The van der Waals surface area contributed by atoms with Crippen molar-refractivity contribution in [2.45, 2.75) is 5.41 Å². The van der Waals surface area contributed by atoms with Gasteiger partial charge >= 0.3 is 5.97 Å². The van der Waals surface area contributed by atoms with Gasteiger partial charge in [0, 0.05) is 21.3 Å². The molecule has 3 heterocycles. The Labute approximate surface area is 199 Å². The van der Waals surface area contributed by atoms with E-state index >= 15 is 0 Å². The number of amides is 1. The van der Waals surface area contributed by atoms with Gasteiger partial charge in [-0.3, -0.25) is 14.6 Å². The number of halogens is 2. The summed E-state index contributed by atoms with van der Waals surface area (Å²) in [5, 5.41) is 10.9. The molecule has 2 aromatic carbocycles. The molecule has 0 fully saturated rings. The van der Waals surface area contributed by atoms with Gasteiger partial charge < -0.3 is 10.5 Å². The lowest BCUT2D eigenvalue weighted by atomic mass is 9.67. The Balaban J connectivity index is 1.87. The van der Waals surface area contributed by atoms with E-state index < -0.39 is 17.3 Å². The van der Waals surface area contributed by atoms with E-state index in [9.17, 15) is 14.9 Å². The van der Waals surface area contributed by atoms with Crippen molar-refractivity contribution in [1.82, 2.24) is 0 Å². The van der Waals surface area contributed by atoms with Crippen molar-refractivity contribution in [3.05, 3.63) is 80.7 Å². The van der Waals surface area contributed by atoms with E-state index in [0.717, 1.165) is 0 Å². The van der Waals surface area contributed by atoms with E-state index in [1.807, 2.05) is 0 Å². The molecule has 1 spiro atoms. The van der Waals surface area contributed by atoms with E-state index in [1.54, 1.807) is 42.5 Å². The van der Waals surface area contributed by atoms with Gasteiger partial charge in [-0.2, -0.15) is 5.26 Å². The molecule has 5 rings (SSSR count). The first kappa shape index (κ1) is 21.0. The number of carbonyl (C=O) groups excluding carboxylic acids is 2. The van der Waals surface area contributed by atoms with Gasteiger partial charge in [-0.25, -0.2) is 4.79 Å². The molecule has 2 N–H and O–H groups in total. The van der Waals surface area contributed by atoms with Gasteiger partial charge in [-0.15, -0.1) is 6.42 Å². The minimum Gasteiger partial charge on any atom is -0.456 e. The number of cyclic esters (lactones) is 1. The molecule has 0 radical (unpaired) electrons. The van der Waals surface area contributed by atoms with Crippen LogP contribution >= 0.6 is 23.2 Å². The number of carbonyl (C=O) groups is 2. The zero-order chi connectivity index (χ0) is 23.5. The van der Waals surface area contributed by atoms with Gasteiger partial charge in [0.2, 0.25) is 5.91 Å². The second kappa shape index (κ2) is 7.31. The summed E-state index contributed by atoms with van der Waals surface area (Å²) in [6, 6.07) is 13.7. The van der Waals surface area contributed by atoms with Crippen LogP contribution in [0.15, 0.2) is 65.1 Å². The molecule has 7 nitrogen and oxygen atoms in total. The summed E-state index contributed by atoms with van der Waals surface area (Å²) in [7, 11) is 0. The fourth-order valence-electron chi connectivity index (χ4n) is 4.81. The van der Waals surface area contributed by atoms with Crippen LogP contribution in [-0.4, -0.2) is 25.0 Å². The van der Waals surface area contributed by atoms with Crippen LogP contribution in [0.2, 0.25) is 10.0 Å². The lowest BCUT2D eigenvalue weighted by molar-refractivity contribution is -0.137. The number of hydrogen-bond donors (Lipinski definition) is 1. The van der Waals surface area contributed by atoms with Crippen LogP contribution in [0.3, 0.4) is 0 Å². The predicted octanol–water partition coefficient (Wildman–Crippen LogP) is 3.24. The number of hydrogen-bond acceptors (Lipinski definition) is 6.